The van der Waals surface area contributed by atoms with Gasteiger partial charge in [-0.3, -0.25) is 0 Å². The fourth-order valence-electron chi connectivity index (χ4n) is 2.65. The average Bonchev–Trinajstić information content (AvgIpc) is 2.16. The number of nitrogens with zero attached hydrogens (tertiary/aromatic N) is 3. The van der Waals surface area contributed by atoms with E-state index in [1.54, 1.807) is 0 Å². The van der Waals surface area contributed by atoms with Crippen LogP contribution in [-0.4, -0.2) is 62.0 Å². The predicted molar refractivity (Wildman–Crippen MR) is 74.4 cm³/mol. The van der Waals surface area contributed by atoms with Crippen LogP contribution in [-0.2, 0) is 0 Å². The Morgan fingerprint density at radius 2 is 1.47 bits per heavy atom. The Morgan fingerprint density at radius 3 is 1.76 bits per heavy atom. The molecule has 0 aliphatic heterocycles. The molecule has 0 amide bonds. The highest BCUT2D eigenvalue weighted by molar-refractivity contribution is 5.89. The van der Waals surface area contributed by atoms with Crippen LogP contribution in [0.3, 0.4) is 0 Å². The molecule has 5 heteroatoms. The van der Waals surface area contributed by atoms with Crippen molar-refractivity contribution in [3.05, 3.63) is 0 Å². The topological polar surface area (TPSA) is 39.1 Å². The summed E-state index contributed by atoms with van der Waals surface area (Å²) < 4.78 is 0. The lowest BCUT2D eigenvalue weighted by Crippen LogP contribution is -2.39. The SMILES string of the molecule is CN(C)CC1CCCC(CN(C)C)C1=NO.Cl. The predicted octanol–water partition coefficient (Wildman–Crippen LogP) is 1.78. The van der Waals surface area contributed by atoms with E-state index in [1.165, 1.54) is 6.42 Å². The molecule has 1 saturated carbocycles. The van der Waals surface area contributed by atoms with Gasteiger partial charge in [-0.15, -0.1) is 12.4 Å². The van der Waals surface area contributed by atoms with Crippen molar-refractivity contribution in [3.63, 3.8) is 0 Å². The van der Waals surface area contributed by atoms with Gasteiger partial charge in [0.2, 0.25) is 0 Å². The van der Waals surface area contributed by atoms with Crippen LogP contribution in [0, 0.1) is 11.8 Å². The Balaban J connectivity index is 0.00000256. The van der Waals surface area contributed by atoms with Crippen LogP contribution < -0.4 is 0 Å². The Hall–Kier alpha value is -0.320. The molecular formula is C12H26ClN3O. The lowest BCUT2D eigenvalue weighted by molar-refractivity contribution is 0.265. The average molecular weight is 264 g/mol. The maximum atomic E-state index is 9.21. The second-order valence-corrected chi connectivity index (χ2v) is 5.37. The minimum Gasteiger partial charge on any atom is -0.411 e. The lowest BCUT2D eigenvalue weighted by Gasteiger charge is -2.33. The van der Waals surface area contributed by atoms with Gasteiger partial charge in [0, 0.05) is 24.9 Å². The van der Waals surface area contributed by atoms with E-state index in [0.717, 1.165) is 31.6 Å². The van der Waals surface area contributed by atoms with Gasteiger partial charge in [-0.1, -0.05) is 11.6 Å². The first-order valence-corrected chi connectivity index (χ1v) is 6.06. The summed E-state index contributed by atoms with van der Waals surface area (Å²) in [5.41, 5.74) is 1.01. The quantitative estimate of drug-likeness (QED) is 0.621. The summed E-state index contributed by atoms with van der Waals surface area (Å²) in [6, 6.07) is 0. The third-order valence-corrected chi connectivity index (χ3v) is 3.23. The maximum absolute atomic E-state index is 9.21. The molecule has 1 fully saturated rings. The molecule has 4 nitrogen and oxygen atoms in total. The van der Waals surface area contributed by atoms with Crippen LogP contribution in [0.25, 0.3) is 0 Å². The summed E-state index contributed by atoms with van der Waals surface area (Å²) >= 11 is 0. The van der Waals surface area contributed by atoms with E-state index in [9.17, 15) is 5.21 Å². The Bertz CT molecular complexity index is 224. The third-order valence-electron chi connectivity index (χ3n) is 3.23. The lowest BCUT2D eigenvalue weighted by atomic mass is 9.79. The molecule has 0 saturated heterocycles. The van der Waals surface area contributed by atoms with E-state index in [4.69, 9.17) is 0 Å². The van der Waals surface area contributed by atoms with Crippen molar-refractivity contribution in [2.75, 3.05) is 41.3 Å². The number of hydrogen-bond acceptors (Lipinski definition) is 4. The first kappa shape index (κ1) is 16.7. The summed E-state index contributed by atoms with van der Waals surface area (Å²) in [5, 5.41) is 12.8. The van der Waals surface area contributed by atoms with Crippen molar-refractivity contribution in [2.45, 2.75) is 19.3 Å². The van der Waals surface area contributed by atoms with Crippen LogP contribution in [0.2, 0.25) is 0 Å². The normalized spacial score (nSPS) is 24.9. The number of hydrogen-bond donors (Lipinski definition) is 1. The standard InChI is InChI=1S/C12H25N3O.ClH/c1-14(2)8-10-6-5-7-11(9-15(3)4)12(10)13-16;/h10-11,16H,5-9H2,1-4H3;1H. The van der Waals surface area contributed by atoms with Crippen LogP contribution in [0.1, 0.15) is 19.3 Å². The number of oxime groups is 1. The Kier molecular flexibility index (Phi) is 7.75. The van der Waals surface area contributed by atoms with E-state index in [-0.39, 0.29) is 12.4 Å². The fourth-order valence-corrected chi connectivity index (χ4v) is 2.65. The molecule has 1 aliphatic rings. The van der Waals surface area contributed by atoms with E-state index in [2.05, 4.69) is 43.1 Å². The summed E-state index contributed by atoms with van der Waals surface area (Å²) in [6.07, 6.45) is 3.55. The van der Waals surface area contributed by atoms with Crippen molar-refractivity contribution < 1.29 is 5.21 Å². The molecule has 1 rings (SSSR count). The summed E-state index contributed by atoms with van der Waals surface area (Å²) in [5.74, 6) is 0.859. The molecule has 1 aliphatic carbocycles. The van der Waals surface area contributed by atoms with Gasteiger partial charge in [-0.25, -0.2) is 0 Å². The van der Waals surface area contributed by atoms with Crippen molar-refractivity contribution in [3.8, 4) is 0 Å². The minimum atomic E-state index is 0. The second kappa shape index (κ2) is 7.90. The first-order valence-electron chi connectivity index (χ1n) is 6.06. The molecule has 0 aromatic heterocycles. The number of rotatable bonds is 4. The second-order valence-electron chi connectivity index (χ2n) is 5.37. The molecule has 0 aromatic rings. The van der Waals surface area contributed by atoms with Gasteiger partial charge in [0.15, 0.2) is 0 Å². The molecule has 2 atom stereocenters. The van der Waals surface area contributed by atoms with E-state index >= 15 is 0 Å². The smallest absolute Gasteiger partial charge is 0.0657 e. The number of halogens is 1. The zero-order valence-electron chi connectivity index (χ0n) is 11.4. The van der Waals surface area contributed by atoms with Crippen LogP contribution >= 0.6 is 12.4 Å². The molecular weight excluding hydrogens is 238 g/mol. The molecule has 0 aromatic carbocycles. The zero-order chi connectivity index (χ0) is 12.1. The molecule has 102 valence electrons. The molecule has 0 spiro atoms. The largest absolute Gasteiger partial charge is 0.411 e. The van der Waals surface area contributed by atoms with Gasteiger partial charge >= 0.3 is 0 Å². The monoisotopic (exact) mass is 263 g/mol. The van der Waals surface area contributed by atoms with Gasteiger partial charge in [-0.2, -0.15) is 0 Å². The summed E-state index contributed by atoms with van der Waals surface area (Å²) in [6.45, 7) is 1.98. The molecule has 1 N–H and O–H groups in total. The minimum absolute atomic E-state index is 0. The van der Waals surface area contributed by atoms with Crippen molar-refractivity contribution >= 4 is 18.1 Å². The van der Waals surface area contributed by atoms with Gasteiger partial charge in [-0.05, 0) is 41.0 Å². The van der Waals surface area contributed by atoms with Gasteiger partial charge in [0.1, 0.15) is 0 Å². The van der Waals surface area contributed by atoms with Crippen molar-refractivity contribution in [1.82, 2.24) is 9.80 Å². The maximum Gasteiger partial charge on any atom is 0.0657 e. The van der Waals surface area contributed by atoms with Crippen LogP contribution in [0.4, 0.5) is 0 Å². The third kappa shape index (κ3) is 5.23. The fraction of sp³-hybridized carbons (Fsp3) is 0.917. The zero-order valence-corrected chi connectivity index (χ0v) is 12.2. The molecule has 17 heavy (non-hydrogen) atoms. The van der Waals surface area contributed by atoms with Crippen LogP contribution in [0.15, 0.2) is 5.16 Å². The van der Waals surface area contributed by atoms with Gasteiger partial charge in [0.05, 0.1) is 5.71 Å². The van der Waals surface area contributed by atoms with Crippen molar-refractivity contribution in [1.29, 1.82) is 0 Å². The van der Waals surface area contributed by atoms with Gasteiger partial charge < -0.3 is 15.0 Å². The molecule has 0 heterocycles. The van der Waals surface area contributed by atoms with Crippen molar-refractivity contribution in [2.24, 2.45) is 17.0 Å². The highest BCUT2D eigenvalue weighted by atomic mass is 35.5. The van der Waals surface area contributed by atoms with Gasteiger partial charge in [0.25, 0.3) is 0 Å². The first-order chi connectivity index (χ1) is 7.54. The Labute approximate surface area is 111 Å². The van der Waals surface area contributed by atoms with Crippen LogP contribution in [0.5, 0.6) is 0 Å². The highest BCUT2D eigenvalue weighted by Crippen LogP contribution is 2.27. The molecule has 0 bridgehead atoms. The molecule has 2 unspecified atom stereocenters. The van der Waals surface area contributed by atoms with E-state index < -0.39 is 0 Å². The van der Waals surface area contributed by atoms with E-state index in [0.29, 0.717) is 11.8 Å². The Morgan fingerprint density at radius 1 is 1.06 bits per heavy atom. The highest BCUT2D eigenvalue weighted by Gasteiger charge is 2.30. The summed E-state index contributed by atoms with van der Waals surface area (Å²) in [7, 11) is 8.30. The molecule has 0 radical (unpaired) electrons. The van der Waals surface area contributed by atoms with E-state index in [1.807, 2.05) is 0 Å². The summed E-state index contributed by atoms with van der Waals surface area (Å²) in [4.78, 5) is 4.35.